The van der Waals surface area contributed by atoms with Gasteiger partial charge in [-0.1, -0.05) is 6.07 Å². The van der Waals surface area contributed by atoms with Crippen LogP contribution < -0.4 is 15.1 Å². The Kier molecular flexibility index (Phi) is 4.02. The van der Waals surface area contributed by atoms with Crippen molar-refractivity contribution < 1.29 is 13.2 Å². The summed E-state index contributed by atoms with van der Waals surface area (Å²) in [4.78, 5) is 20.6. The molecular formula is C15H16N4O4S. The smallest absolute Gasteiger partial charge is 0.325 e. The van der Waals surface area contributed by atoms with E-state index in [1.807, 2.05) is 0 Å². The number of pyridine rings is 1. The number of benzene rings is 1. The number of nitrogens with zero attached hydrogens (tertiary/aromatic N) is 1. The van der Waals surface area contributed by atoms with E-state index in [-0.39, 0.29) is 5.69 Å². The molecular weight excluding hydrogens is 332 g/mol. The Morgan fingerprint density at radius 1 is 1.21 bits per heavy atom. The van der Waals surface area contributed by atoms with Gasteiger partial charge >= 0.3 is 5.69 Å². The van der Waals surface area contributed by atoms with Crippen LogP contribution >= 0.6 is 0 Å². The van der Waals surface area contributed by atoms with E-state index in [0.29, 0.717) is 28.4 Å². The number of fused-ring (bicyclic) bond motifs is 1. The lowest BCUT2D eigenvalue weighted by atomic mass is 10.3. The van der Waals surface area contributed by atoms with Crippen LogP contribution in [0.5, 0.6) is 11.5 Å². The van der Waals surface area contributed by atoms with Crippen LogP contribution in [0.2, 0.25) is 0 Å². The van der Waals surface area contributed by atoms with Crippen LogP contribution in [0.15, 0.2) is 41.3 Å². The zero-order valence-corrected chi connectivity index (χ0v) is 13.8. The summed E-state index contributed by atoms with van der Waals surface area (Å²) < 4.78 is 32.1. The van der Waals surface area contributed by atoms with E-state index in [1.165, 1.54) is 6.20 Å². The highest BCUT2D eigenvalue weighted by Crippen LogP contribution is 2.28. The predicted octanol–water partition coefficient (Wildman–Crippen LogP) is 2.19. The molecule has 3 aromatic rings. The first-order chi connectivity index (χ1) is 11.3. The zero-order chi connectivity index (χ0) is 17.3. The Labute approximate surface area is 137 Å². The first-order valence-corrected chi connectivity index (χ1v) is 8.76. The zero-order valence-electron chi connectivity index (χ0n) is 13.0. The topological polar surface area (TPSA) is 117 Å². The van der Waals surface area contributed by atoms with Crippen molar-refractivity contribution >= 4 is 26.9 Å². The molecule has 2 heterocycles. The molecule has 0 aliphatic rings. The molecule has 0 amide bonds. The van der Waals surface area contributed by atoms with Crippen molar-refractivity contribution in [1.82, 2.24) is 15.0 Å². The van der Waals surface area contributed by atoms with Crippen LogP contribution in [-0.4, -0.2) is 28.6 Å². The van der Waals surface area contributed by atoms with E-state index in [0.717, 1.165) is 0 Å². The van der Waals surface area contributed by atoms with Gasteiger partial charge in [-0.05, 0) is 26.0 Å². The lowest BCUT2D eigenvalue weighted by molar-refractivity contribution is 0.487. The maximum atomic E-state index is 11.9. The minimum atomic E-state index is -3.44. The van der Waals surface area contributed by atoms with Gasteiger partial charge in [-0.2, -0.15) is 0 Å². The maximum Gasteiger partial charge on any atom is 0.325 e. The van der Waals surface area contributed by atoms with Crippen molar-refractivity contribution in [3.8, 4) is 11.5 Å². The van der Waals surface area contributed by atoms with Crippen molar-refractivity contribution in [2.24, 2.45) is 0 Å². The SMILES string of the molecule is CC(C)S(=O)(=O)Nc1cccc(Oc2ccnc3[nH]c(=O)[nH]c23)c1. The number of nitrogens with one attached hydrogen (secondary N) is 3. The molecule has 0 aliphatic carbocycles. The van der Waals surface area contributed by atoms with Gasteiger partial charge in [0.2, 0.25) is 10.0 Å². The van der Waals surface area contributed by atoms with Gasteiger partial charge in [0.15, 0.2) is 11.4 Å². The number of ether oxygens (including phenoxy) is 1. The van der Waals surface area contributed by atoms with E-state index in [1.54, 1.807) is 44.2 Å². The minimum absolute atomic E-state index is 0.382. The van der Waals surface area contributed by atoms with Crippen LogP contribution in [0.3, 0.4) is 0 Å². The minimum Gasteiger partial charge on any atom is -0.455 e. The predicted molar refractivity (Wildman–Crippen MR) is 90.9 cm³/mol. The molecule has 3 rings (SSSR count). The summed E-state index contributed by atoms with van der Waals surface area (Å²) in [6.45, 7) is 3.19. The Morgan fingerprint density at radius 3 is 2.75 bits per heavy atom. The molecule has 0 aliphatic heterocycles. The van der Waals surface area contributed by atoms with Crippen LogP contribution in [0.4, 0.5) is 5.69 Å². The van der Waals surface area contributed by atoms with Gasteiger partial charge in [-0.3, -0.25) is 9.71 Å². The summed E-state index contributed by atoms with van der Waals surface area (Å²) in [6.07, 6.45) is 1.51. The molecule has 0 radical (unpaired) electrons. The van der Waals surface area contributed by atoms with Crippen LogP contribution in [0.25, 0.3) is 11.2 Å². The fourth-order valence-electron chi connectivity index (χ4n) is 2.03. The Balaban J connectivity index is 1.91. The summed E-state index contributed by atoms with van der Waals surface area (Å²) in [6, 6.07) is 8.16. The van der Waals surface area contributed by atoms with Gasteiger partial charge in [0.25, 0.3) is 0 Å². The van der Waals surface area contributed by atoms with E-state index in [9.17, 15) is 13.2 Å². The van der Waals surface area contributed by atoms with Gasteiger partial charge in [-0.15, -0.1) is 0 Å². The molecule has 3 N–H and O–H groups in total. The van der Waals surface area contributed by atoms with Crippen LogP contribution in [0, 0.1) is 0 Å². The second-order valence-electron chi connectivity index (χ2n) is 5.44. The summed E-state index contributed by atoms with van der Waals surface area (Å²) in [5, 5.41) is -0.549. The average molecular weight is 348 g/mol. The molecule has 24 heavy (non-hydrogen) atoms. The maximum absolute atomic E-state index is 11.9. The number of anilines is 1. The molecule has 0 bridgehead atoms. The number of imidazole rings is 1. The number of aromatic nitrogens is 3. The van der Waals surface area contributed by atoms with Gasteiger partial charge < -0.3 is 9.72 Å². The highest BCUT2D eigenvalue weighted by atomic mass is 32.2. The largest absolute Gasteiger partial charge is 0.455 e. The molecule has 0 unspecified atom stereocenters. The molecule has 0 saturated heterocycles. The lowest BCUT2D eigenvalue weighted by Crippen LogP contribution is -2.22. The second-order valence-corrected chi connectivity index (χ2v) is 7.67. The van der Waals surface area contributed by atoms with Gasteiger partial charge in [0, 0.05) is 18.3 Å². The number of hydrogen-bond donors (Lipinski definition) is 3. The van der Waals surface area contributed by atoms with Gasteiger partial charge in [0.1, 0.15) is 11.3 Å². The Morgan fingerprint density at radius 2 is 2.00 bits per heavy atom. The van der Waals surface area contributed by atoms with Crippen molar-refractivity contribution in [2.45, 2.75) is 19.1 Å². The third-order valence-corrected chi connectivity index (χ3v) is 5.09. The summed E-state index contributed by atoms with van der Waals surface area (Å²) in [5.41, 5.74) is 0.839. The Bertz CT molecular complexity index is 1040. The molecule has 126 valence electrons. The van der Waals surface area contributed by atoms with E-state index in [4.69, 9.17) is 4.74 Å². The highest BCUT2D eigenvalue weighted by molar-refractivity contribution is 7.93. The number of sulfonamides is 1. The van der Waals surface area contributed by atoms with E-state index < -0.39 is 15.3 Å². The fraction of sp³-hybridized carbons (Fsp3) is 0.200. The van der Waals surface area contributed by atoms with Crippen LogP contribution in [-0.2, 0) is 10.0 Å². The van der Waals surface area contributed by atoms with Gasteiger partial charge in [0.05, 0.1) is 10.9 Å². The first-order valence-electron chi connectivity index (χ1n) is 7.22. The van der Waals surface area contributed by atoms with Crippen molar-refractivity contribution in [2.75, 3.05) is 4.72 Å². The fourth-order valence-corrected chi connectivity index (χ4v) is 2.72. The second kappa shape index (κ2) is 6.00. The van der Waals surface area contributed by atoms with Crippen molar-refractivity contribution in [1.29, 1.82) is 0 Å². The van der Waals surface area contributed by atoms with E-state index in [2.05, 4.69) is 19.7 Å². The average Bonchev–Trinajstić information content (AvgIpc) is 2.88. The van der Waals surface area contributed by atoms with Crippen molar-refractivity contribution in [3.63, 3.8) is 0 Å². The molecule has 2 aromatic heterocycles. The summed E-state index contributed by atoms with van der Waals surface area (Å²) >= 11 is 0. The monoisotopic (exact) mass is 348 g/mol. The summed E-state index contributed by atoms with van der Waals surface area (Å²) in [5.74, 6) is 0.829. The Hall–Kier alpha value is -2.81. The highest BCUT2D eigenvalue weighted by Gasteiger charge is 2.16. The summed E-state index contributed by atoms with van der Waals surface area (Å²) in [7, 11) is -3.44. The normalized spacial score (nSPS) is 11.8. The third kappa shape index (κ3) is 3.25. The van der Waals surface area contributed by atoms with Crippen LogP contribution in [0.1, 0.15) is 13.8 Å². The molecule has 9 heteroatoms. The number of aromatic amines is 2. The van der Waals surface area contributed by atoms with E-state index >= 15 is 0 Å². The lowest BCUT2D eigenvalue weighted by Gasteiger charge is -2.12. The number of rotatable bonds is 5. The molecule has 1 aromatic carbocycles. The quantitative estimate of drug-likeness (QED) is 0.653. The molecule has 0 fully saturated rings. The molecule has 0 atom stereocenters. The molecule has 0 spiro atoms. The standard InChI is InChI=1S/C15H16N4O4S/c1-9(2)24(21,22)19-10-4-3-5-11(8-10)23-12-6-7-16-14-13(12)17-15(20)18-14/h3-9,19H,1-2H3,(H2,16,17,18,20). The van der Waals surface area contributed by atoms with Crippen molar-refractivity contribution in [3.05, 3.63) is 47.0 Å². The van der Waals surface area contributed by atoms with Gasteiger partial charge in [-0.25, -0.2) is 18.2 Å². The third-order valence-electron chi connectivity index (χ3n) is 3.33. The molecule has 0 saturated carbocycles. The molecule has 8 nitrogen and oxygen atoms in total. The first kappa shape index (κ1) is 16.1. The number of hydrogen-bond acceptors (Lipinski definition) is 5. The number of H-pyrrole nitrogens is 2.